The van der Waals surface area contributed by atoms with Crippen LogP contribution in [-0.2, 0) is 9.59 Å². The smallest absolute Gasteiger partial charge is 0.327 e. The normalized spacial score (nSPS) is 11.4. The van der Waals surface area contributed by atoms with E-state index in [1.807, 2.05) is 0 Å². The van der Waals surface area contributed by atoms with Crippen LogP contribution in [0.15, 0.2) is 12.2 Å². The Labute approximate surface area is 224 Å². The molecular formula is C31H62NO4+. The van der Waals surface area contributed by atoms with Gasteiger partial charge >= 0.3 is 11.9 Å². The van der Waals surface area contributed by atoms with Crippen molar-refractivity contribution in [3.63, 3.8) is 0 Å². The van der Waals surface area contributed by atoms with E-state index in [1.165, 1.54) is 103 Å². The molecule has 36 heavy (non-hydrogen) atoms. The second-order valence-corrected chi connectivity index (χ2v) is 11.4. The van der Waals surface area contributed by atoms with Crippen LogP contribution in [0.2, 0.25) is 0 Å². The first-order chi connectivity index (χ1) is 17.2. The molecule has 0 rings (SSSR count). The molecular weight excluding hydrogens is 450 g/mol. The van der Waals surface area contributed by atoms with Crippen molar-refractivity contribution in [1.82, 2.24) is 0 Å². The lowest BCUT2D eigenvalue weighted by atomic mass is 10.0. The van der Waals surface area contributed by atoms with E-state index >= 15 is 0 Å². The Kier molecular flexibility index (Phi) is 28.8. The fourth-order valence-electron chi connectivity index (χ4n) is 4.21. The number of unbranched alkanes of at least 4 members (excludes halogenated alkanes) is 19. The summed E-state index contributed by atoms with van der Waals surface area (Å²) in [6, 6.07) is 0. The molecule has 0 amide bonds. The number of carboxylic acids is 2. The van der Waals surface area contributed by atoms with Crippen molar-refractivity contribution in [3.05, 3.63) is 12.2 Å². The van der Waals surface area contributed by atoms with Crippen LogP contribution in [0.25, 0.3) is 0 Å². The molecule has 0 saturated heterocycles. The van der Waals surface area contributed by atoms with Gasteiger partial charge in [-0.3, -0.25) is 4.79 Å². The zero-order valence-electron chi connectivity index (χ0n) is 24.6. The summed E-state index contributed by atoms with van der Waals surface area (Å²) in [5.74, 6) is -1.62. The van der Waals surface area contributed by atoms with Gasteiger partial charge < -0.3 is 14.7 Å². The molecule has 0 atom stereocenters. The number of quaternary nitrogens is 1. The predicted octanol–water partition coefficient (Wildman–Crippen LogP) is 9.01. The molecule has 5 heteroatoms. The summed E-state index contributed by atoms with van der Waals surface area (Å²) in [5, 5.41) is 16.7. The number of carboxylic acid groups (broad SMARTS) is 2. The number of aliphatic carboxylic acids is 2. The van der Waals surface area contributed by atoms with Gasteiger partial charge in [0, 0.05) is 12.5 Å². The van der Waals surface area contributed by atoms with Gasteiger partial charge in [0.1, 0.15) is 0 Å². The van der Waals surface area contributed by atoms with Crippen LogP contribution in [0.3, 0.4) is 0 Å². The molecule has 0 bridgehead atoms. The second kappa shape index (κ2) is 28.2. The van der Waals surface area contributed by atoms with Gasteiger partial charge in [0.25, 0.3) is 0 Å². The Morgan fingerprint density at radius 1 is 0.583 bits per heavy atom. The molecule has 0 aromatic heterocycles. The lowest BCUT2D eigenvalue weighted by molar-refractivity contribution is -0.870. The van der Waals surface area contributed by atoms with Gasteiger partial charge in [-0.15, -0.1) is 0 Å². The highest BCUT2D eigenvalue weighted by atomic mass is 16.4. The maximum atomic E-state index is 10.2. The molecule has 0 unspecified atom stereocenters. The van der Waals surface area contributed by atoms with Crippen molar-refractivity contribution in [3.8, 4) is 0 Å². The minimum absolute atomic E-state index is 0.265. The van der Waals surface area contributed by atoms with Crippen LogP contribution < -0.4 is 0 Å². The SMILES string of the molecule is CCCCCCCCCCCCCCCC[N+](C)(C)C.O=C(O)/C=C/CCCCCCCCC(=O)O. The van der Waals surface area contributed by atoms with Gasteiger partial charge in [-0.05, 0) is 32.1 Å². The topological polar surface area (TPSA) is 74.6 Å². The summed E-state index contributed by atoms with van der Waals surface area (Å²) in [6.07, 6.45) is 30.3. The number of hydrogen-bond donors (Lipinski definition) is 2. The average Bonchev–Trinajstić information content (AvgIpc) is 2.80. The molecule has 0 radical (unpaired) electrons. The first-order valence-corrected chi connectivity index (χ1v) is 15.1. The summed E-state index contributed by atoms with van der Waals surface area (Å²) < 4.78 is 1.12. The van der Waals surface area contributed by atoms with Gasteiger partial charge in [0.2, 0.25) is 0 Å². The Hall–Kier alpha value is -1.36. The highest BCUT2D eigenvalue weighted by Gasteiger charge is 2.05. The van der Waals surface area contributed by atoms with E-state index in [4.69, 9.17) is 10.2 Å². The highest BCUT2D eigenvalue weighted by molar-refractivity contribution is 5.79. The third-order valence-electron chi connectivity index (χ3n) is 6.45. The molecule has 0 aliphatic carbocycles. The van der Waals surface area contributed by atoms with Crippen molar-refractivity contribution in [2.45, 2.75) is 148 Å². The molecule has 0 spiro atoms. The van der Waals surface area contributed by atoms with Crippen LogP contribution in [0.4, 0.5) is 0 Å². The van der Waals surface area contributed by atoms with Crippen LogP contribution in [0.5, 0.6) is 0 Å². The van der Waals surface area contributed by atoms with E-state index in [0.29, 0.717) is 0 Å². The summed E-state index contributed by atoms with van der Waals surface area (Å²) >= 11 is 0. The van der Waals surface area contributed by atoms with Crippen molar-refractivity contribution >= 4 is 11.9 Å². The Bertz CT molecular complexity index is 511. The van der Waals surface area contributed by atoms with Gasteiger partial charge in [-0.25, -0.2) is 4.79 Å². The second-order valence-electron chi connectivity index (χ2n) is 11.4. The summed E-state index contributed by atoms with van der Waals surface area (Å²) in [4.78, 5) is 20.3. The number of nitrogens with zero attached hydrogens (tertiary/aromatic N) is 1. The van der Waals surface area contributed by atoms with Gasteiger partial charge in [0.15, 0.2) is 0 Å². The maximum absolute atomic E-state index is 10.2. The molecule has 214 valence electrons. The van der Waals surface area contributed by atoms with E-state index in [1.54, 1.807) is 6.08 Å². The van der Waals surface area contributed by atoms with Crippen molar-refractivity contribution < 1.29 is 24.3 Å². The molecule has 0 aromatic rings. The number of hydrogen-bond acceptors (Lipinski definition) is 2. The largest absolute Gasteiger partial charge is 0.481 e. The third kappa shape index (κ3) is 39.8. The molecule has 0 aromatic carbocycles. The summed E-state index contributed by atoms with van der Waals surface area (Å²) in [5.41, 5.74) is 0. The zero-order chi connectivity index (χ0) is 27.3. The highest BCUT2D eigenvalue weighted by Crippen LogP contribution is 2.13. The van der Waals surface area contributed by atoms with Crippen LogP contribution in [0, 0.1) is 0 Å². The van der Waals surface area contributed by atoms with E-state index in [2.05, 4.69) is 28.1 Å². The summed E-state index contributed by atoms with van der Waals surface area (Å²) in [6.45, 7) is 3.63. The Balaban J connectivity index is 0. The fraction of sp³-hybridized carbons (Fsp3) is 0.871. The van der Waals surface area contributed by atoms with Crippen LogP contribution in [-0.4, -0.2) is 54.3 Å². The maximum Gasteiger partial charge on any atom is 0.327 e. The van der Waals surface area contributed by atoms with Gasteiger partial charge in [-0.1, -0.05) is 116 Å². The molecule has 0 saturated carbocycles. The van der Waals surface area contributed by atoms with Crippen molar-refractivity contribution in [2.75, 3.05) is 27.7 Å². The van der Waals surface area contributed by atoms with Crippen molar-refractivity contribution in [2.24, 2.45) is 0 Å². The summed E-state index contributed by atoms with van der Waals surface area (Å²) in [7, 11) is 6.88. The lowest BCUT2D eigenvalue weighted by Crippen LogP contribution is -2.35. The fourth-order valence-corrected chi connectivity index (χ4v) is 4.21. The minimum atomic E-state index is -0.895. The minimum Gasteiger partial charge on any atom is -0.481 e. The van der Waals surface area contributed by atoms with E-state index in [0.717, 1.165) is 49.4 Å². The number of rotatable bonds is 25. The van der Waals surface area contributed by atoms with Crippen LogP contribution >= 0.6 is 0 Å². The molecule has 5 nitrogen and oxygen atoms in total. The standard InChI is InChI=1S/C19H42N.C12H20O4/c1-5-6-7-8-9-10-11-12-13-14-15-16-17-18-19-20(2,3)4;13-11(14)9-7-5-3-1-2-4-6-8-10-12(15)16/h5-19H2,1-4H3;7,9H,1-6,8,10H2,(H,13,14)(H,15,16)/q+1;/b;9-7+. The van der Waals surface area contributed by atoms with Crippen molar-refractivity contribution in [1.29, 1.82) is 0 Å². The number of allylic oxidation sites excluding steroid dienone is 1. The zero-order valence-corrected chi connectivity index (χ0v) is 24.6. The predicted molar refractivity (Wildman–Crippen MR) is 155 cm³/mol. The van der Waals surface area contributed by atoms with E-state index in [-0.39, 0.29) is 6.42 Å². The molecule has 0 aliphatic heterocycles. The number of carbonyl (C=O) groups is 2. The Morgan fingerprint density at radius 2 is 0.972 bits per heavy atom. The lowest BCUT2D eigenvalue weighted by Gasteiger charge is -2.23. The quantitative estimate of drug-likeness (QED) is 0.0727. The Morgan fingerprint density at radius 3 is 1.36 bits per heavy atom. The average molecular weight is 513 g/mol. The van der Waals surface area contributed by atoms with E-state index in [9.17, 15) is 9.59 Å². The first kappa shape index (κ1) is 36.8. The van der Waals surface area contributed by atoms with Gasteiger partial charge in [0.05, 0.1) is 27.7 Å². The molecule has 2 N–H and O–H groups in total. The van der Waals surface area contributed by atoms with Crippen LogP contribution in [0.1, 0.15) is 148 Å². The first-order valence-electron chi connectivity index (χ1n) is 15.1. The van der Waals surface area contributed by atoms with Gasteiger partial charge in [-0.2, -0.15) is 0 Å². The monoisotopic (exact) mass is 512 g/mol. The van der Waals surface area contributed by atoms with E-state index < -0.39 is 11.9 Å². The third-order valence-corrected chi connectivity index (χ3v) is 6.45. The molecule has 0 fully saturated rings. The molecule has 0 heterocycles. The molecule has 0 aliphatic rings.